The predicted molar refractivity (Wildman–Crippen MR) is 78.7 cm³/mol. The monoisotopic (exact) mass is 270 g/mol. The molecule has 1 aromatic carbocycles. The number of anilines is 1. The second-order valence-corrected chi connectivity index (χ2v) is 4.66. The zero-order chi connectivity index (χ0) is 14.4. The first-order valence-electron chi connectivity index (χ1n) is 6.52. The molecule has 0 radical (unpaired) electrons. The van der Waals surface area contributed by atoms with E-state index in [2.05, 4.69) is 51.8 Å². The molecular formula is C15H18N4O. The van der Waals surface area contributed by atoms with Crippen molar-refractivity contribution in [2.24, 2.45) is 0 Å². The lowest BCUT2D eigenvalue weighted by atomic mass is 10.1. The smallest absolute Gasteiger partial charge is 0.320 e. The maximum Gasteiger partial charge on any atom is 0.320 e. The van der Waals surface area contributed by atoms with Crippen LogP contribution >= 0.6 is 0 Å². The molecule has 1 aromatic heterocycles. The van der Waals surface area contributed by atoms with E-state index in [0.29, 0.717) is 12.4 Å². The fraction of sp³-hybridized carbons (Fsp3) is 0.267. The van der Waals surface area contributed by atoms with E-state index in [4.69, 9.17) is 0 Å². The van der Waals surface area contributed by atoms with Gasteiger partial charge in [-0.15, -0.1) is 0 Å². The lowest BCUT2D eigenvalue weighted by Gasteiger charge is -2.07. The number of nitrogens with zero attached hydrogens (tertiary/aromatic N) is 2. The van der Waals surface area contributed by atoms with Gasteiger partial charge in [0.05, 0.1) is 18.1 Å². The van der Waals surface area contributed by atoms with Crippen LogP contribution in [-0.2, 0) is 6.42 Å². The normalized spacial score (nSPS) is 10.1. The summed E-state index contributed by atoms with van der Waals surface area (Å²) < 4.78 is 0. The number of nitrogens with one attached hydrogen (secondary N) is 2. The van der Waals surface area contributed by atoms with Gasteiger partial charge in [-0.25, -0.2) is 9.78 Å². The third kappa shape index (κ3) is 4.35. The topological polar surface area (TPSA) is 66.9 Å². The Bertz CT molecular complexity index is 563. The minimum atomic E-state index is -0.268. The second-order valence-electron chi connectivity index (χ2n) is 4.66. The molecule has 1 heterocycles. The van der Waals surface area contributed by atoms with Crippen molar-refractivity contribution >= 4 is 11.8 Å². The van der Waals surface area contributed by atoms with E-state index in [1.165, 1.54) is 17.3 Å². The van der Waals surface area contributed by atoms with Crippen molar-refractivity contribution in [3.05, 3.63) is 53.5 Å². The molecule has 0 bridgehead atoms. The zero-order valence-electron chi connectivity index (χ0n) is 11.7. The number of rotatable bonds is 4. The number of carbonyl (C=O) groups is 1. The van der Waals surface area contributed by atoms with Crippen LogP contribution in [0.15, 0.2) is 36.7 Å². The molecule has 20 heavy (non-hydrogen) atoms. The zero-order valence-corrected chi connectivity index (χ0v) is 11.7. The van der Waals surface area contributed by atoms with Crippen LogP contribution in [0.2, 0.25) is 0 Å². The van der Waals surface area contributed by atoms with Crippen molar-refractivity contribution in [1.82, 2.24) is 15.3 Å². The Morgan fingerprint density at radius 3 is 2.50 bits per heavy atom. The van der Waals surface area contributed by atoms with Gasteiger partial charge in [0, 0.05) is 6.54 Å². The van der Waals surface area contributed by atoms with Crippen molar-refractivity contribution in [3.8, 4) is 0 Å². The Hall–Kier alpha value is -2.43. The first-order valence-corrected chi connectivity index (χ1v) is 6.52. The Morgan fingerprint density at radius 1 is 1.10 bits per heavy atom. The number of urea groups is 1. The number of benzene rings is 1. The van der Waals surface area contributed by atoms with E-state index in [1.807, 2.05) is 6.92 Å². The van der Waals surface area contributed by atoms with Crippen molar-refractivity contribution in [2.45, 2.75) is 20.3 Å². The summed E-state index contributed by atoms with van der Waals surface area (Å²) in [6, 6.07) is 8.00. The summed E-state index contributed by atoms with van der Waals surface area (Å²) in [5.74, 6) is 0.448. The molecular weight excluding hydrogens is 252 g/mol. The van der Waals surface area contributed by atoms with Crippen molar-refractivity contribution < 1.29 is 4.79 Å². The van der Waals surface area contributed by atoms with Gasteiger partial charge < -0.3 is 5.32 Å². The largest absolute Gasteiger partial charge is 0.337 e. The van der Waals surface area contributed by atoms with Gasteiger partial charge in [0.15, 0.2) is 5.82 Å². The van der Waals surface area contributed by atoms with Crippen LogP contribution in [0.5, 0.6) is 0 Å². The molecule has 0 saturated heterocycles. The average Bonchev–Trinajstić information content (AvgIpc) is 2.44. The quantitative estimate of drug-likeness (QED) is 0.896. The van der Waals surface area contributed by atoms with E-state index in [1.54, 1.807) is 6.20 Å². The van der Waals surface area contributed by atoms with Gasteiger partial charge >= 0.3 is 6.03 Å². The Morgan fingerprint density at radius 2 is 1.85 bits per heavy atom. The van der Waals surface area contributed by atoms with E-state index >= 15 is 0 Å². The second kappa shape index (κ2) is 6.65. The number of amides is 2. The van der Waals surface area contributed by atoms with Gasteiger partial charge in [0.1, 0.15) is 0 Å². The standard InChI is InChI=1S/C15H18N4O/c1-11-3-5-13(6-4-11)7-8-16-15(20)19-14-10-17-12(2)9-18-14/h3-6,9-10H,7-8H2,1-2H3,(H2,16,18,19,20). The molecule has 2 aromatic rings. The summed E-state index contributed by atoms with van der Waals surface area (Å²) in [5.41, 5.74) is 3.25. The fourth-order valence-corrected chi connectivity index (χ4v) is 1.69. The van der Waals surface area contributed by atoms with Crippen molar-refractivity contribution in [3.63, 3.8) is 0 Å². The number of aryl methyl sites for hydroxylation is 2. The maximum absolute atomic E-state index is 11.7. The van der Waals surface area contributed by atoms with Gasteiger partial charge in [-0.2, -0.15) is 0 Å². The summed E-state index contributed by atoms with van der Waals surface area (Å²) in [4.78, 5) is 19.8. The number of hydrogen-bond acceptors (Lipinski definition) is 3. The van der Waals surface area contributed by atoms with E-state index in [9.17, 15) is 4.79 Å². The molecule has 2 rings (SSSR count). The highest BCUT2D eigenvalue weighted by Crippen LogP contribution is 2.03. The van der Waals surface area contributed by atoms with Crippen LogP contribution in [0.1, 0.15) is 16.8 Å². The average molecular weight is 270 g/mol. The van der Waals surface area contributed by atoms with Gasteiger partial charge in [0.2, 0.25) is 0 Å². The van der Waals surface area contributed by atoms with Gasteiger partial charge in [-0.1, -0.05) is 29.8 Å². The molecule has 0 fully saturated rings. The fourth-order valence-electron chi connectivity index (χ4n) is 1.69. The van der Waals surface area contributed by atoms with Crippen LogP contribution in [0.4, 0.5) is 10.6 Å². The highest BCUT2D eigenvalue weighted by atomic mass is 16.2. The van der Waals surface area contributed by atoms with Crippen LogP contribution in [0.25, 0.3) is 0 Å². The van der Waals surface area contributed by atoms with E-state index in [-0.39, 0.29) is 6.03 Å². The van der Waals surface area contributed by atoms with Crippen LogP contribution < -0.4 is 10.6 Å². The molecule has 2 N–H and O–H groups in total. The summed E-state index contributed by atoms with van der Waals surface area (Å²) in [6.07, 6.45) is 3.95. The molecule has 0 atom stereocenters. The molecule has 2 amide bonds. The molecule has 0 aliphatic rings. The lowest BCUT2D eigenvalue weighted by molar-refractivity contribution is 0.252. The van der Waals surface area contributed by atoms with Gasteiger partial charge in [-0.3, -0.25) is 10.3 Å². The predicted octanol–water partition coefficient (Wildman–Crippen LogP) is 2.46. The molecule has 0 unspecified atom stereocenters. The Balaban J connectivity index is 1.75. The molecule has 5 heteroatoms. The minimum absolute atomic E-state index is 0.268. The third-order valence-corrected chi connectivity index (χ3v) is 2.84. The van der Waals surface area contributed by atoms with Crippen molar-refractivity contribution in [1.29, 1.82) is 0 Å². The summed E-state index contributed by atoms with van der Waals surface area (Å²) in [6.45, 7) is 4.48. The number of carbonyl (C=O) groups excluding carboxylic acids is 1. The molecule has 5 nitrogen and oxygen atoms in total. The summed E-state index contributed by atoms with van der Waals surface area (Å²) >= 11 is 0. The highest BCUT2D eigenvalue weighted by molar-refractivity contribution is 5.87. The number of aromatic nitrogens is 2. The summed E-state index contributed by atoms with van der Waals surface area (Å²) in [5, 5.41) is 5.43. The SMILES string of the molecule is Cc1ccc(CCNC(=O)Nc2cnc(C)cn2)cc1. The van der Waals surface area contributed by atoms with Crippen LogP contribution in [0.3, 0.4) is 0 Å². The highest BCUT2D eigenvalue weighted by Gasteiger charge is 2.02. The molecule has 0 saturated carbocycles. The minimum Gasteiger partial charge on any atom is -0.337 e. The summed E-state index contributed by atoms with van der Waals surface area (Å²) in [7, 11) is 0. The molecule has 0 aliphatic heterocycles. The van der Waals surface area contributed by atoms with Crippen molar-refractivity contribution in [2.75, 3.05) is 11.9 Å². The Labute approximate surface area is 118 Å². The van der Waals surface area contributed by atoms with Crippen LogP contribution in [0, 0.1) is 13.8 Å². The van der Waals surface area contributed by atoms with Crippen LogP contribution in [-0.4, -0.2) is 22.5 Å². The van der Waals surface area contributed by atoms with E-state index in [0.717, 1.165) is 12.1 Å². The first-order chi connectivity index (χ1) is 9.63. The maximum atomic E-state index is 11.7. The lowest BCUT2D eigenvalue weighted by Crippen LogP contribution is -2.30. The molecule has 0 aliphatic carbocycles. The number of hydrogen-bond donors (Lipinski definition) is 2. The first kappa shape index (κ1) is 14.0. The van der Waals surface area contributed by atoms with Gasteiger partial charge in [-0.05, 0) is 25.8 Å². The Kier molecular flexibility index (Phi) is 4.65. The molecule has 0 spiro atoms. The van der Waals surface area contributed by atoms with E-state index < -0.39 is 0 Å². The van der Waals surface area contributed by atoms with Gasteiger partial charge in [0.25, 0.3) is 0 Å². The molecule has 104 valence electrons. The third-order valence-electron chi connectivity index (χ3n) is 2.84.